The Bertz CT molecular complexity index is 887. The zero-order valence-electron chi connectivity index (χ0n) is 15.2. The summed E-state index contributed by atoms with van der Waals surface area (Å²) in [6.45, 7) is 3.09. The lowest BCUT2D eigenvalue weighted by atomic mass is 10.1. The number of carbonyl (C=O) groups is 1. The number of hydrogen-bond acceptors (Lipinski definition) is 5. The van der Waals surface area contributed by atoms with Gasteiger partial charge in [-0.2, -0.15) is 0 Å². The molecule has 0 aliphatic carbocycles. The first kappa shape index (κ1) is 17.5. The van der Waals surface area contributed by atoms with Crippen molar-refractivity contribution in [3.63, 3.8) is 0 Å². The SMILES string of the molecule is Cc1nnc2n1C1C=C(C(=O)NCCCO)N(Cc3ccccc3)C1C=C2. The van der Waals surface area contributed by atoms with Gasteiger partial charge in [-0.3, -0.25) is 4.79 Å². The molecule has 140 valence electrons. The summed E-state index contributed by atoms with van der Waals surface area (Å²) in [5.41, 5.74) is 1.80. The van der Waals surface area contributed by atoms with Gasteiger partial charge in [0, 0.05) is 19.7 Å². The van der Waals surface area contributed by atoms with Gasteiger partial charge in [-0.15, -0.1) is 10.2 Å². The van der Waals surface area contributed by atoms with Gasteiger partial charge in [0.1, 0.15) is 11.5 Å². The molecular formula is C20H23N5O2. The summed E-state index contributed by atoms with van der Waals surface area (Å²) in [7, 11) is 0. The number of nitrogens with one attached hydrogen (secondary N) is 1. The molecule has 2 N–H and O–H groups in total. The molecule has 2 aliphatic rings. The predicted octanol–water partition coefficient (Wildman–Crippen LogP) is 1.42. The van der Waals surface area contributed by atoms with Crippen LogP contribution in [0.3, 0.4) is 0 Å². The van der Waals surface area contributed by atoms with Gasteiger partial charge < -0.3 is 19.9 Å². The highest BCUT2D eigenvalue weighted by atomic mass is 16.3. The lowest BCUT2D eigenvalue weighted by Gasteiger charge is -2.32. The predicted molar refractivity (Wildman–Crippen MR) is 101 cm³/mol. The zero-order valence-corrected chi connectivity index (χ0v) is 15.2. The fourth-order valence-electron chi connectivity index (χ4n) is 3.75. The summed E-state index contributed by atoms with van der Waals surface area (Å²) in [6.07, 6.45) is 6.62. The van der Waals surface area contributed by atoms with Crippen LogP contribution in [0.15, 0.2) is 48.2 Å². The van der Waals surface area contributed by atoms with Gasteiger partial charge in [-0.05, 0) is 31.1 Å². The Morgan fingerprint density at radius 3 is 2.81 bits per heavy atom. The van der Waals surface area contributed by atoms with Crippen LogP contribution in [-0.2, 0) is 11.3 Å². The molecule has 1 aromatic heterocycles. The molecule has 7 nitrogen and oxygen atoms in total. The van der Waals surface area contributed by atoms with Crippen molar-refractivity contribution in [1.82, 2.24) is 25.0 Å². The van der Waals surface area contributed by atoms with E-state index in [4.69, 9.17) is 5.11 Å². The number of aliphatic hydroxyl groups is 1. The maximum Gasteiger partial charge on any atom is 0.267 e. The molecule has 27 heavy (non-hydrogen) atoms. The number of carbonyl (C=O) groups excluding carboxylic acids is 1. The van der Waals surface area contributed by atoms with E-state index in [2.05, 4.69) is 43.2 Å². The summed E-state index contributed by atoms with van der Waals surface area (Å²) in [4.78, 5) is 15.0. The van der Waals surface area contributed by atoms with E-state index < -0.39 is 0 Å². The molecule has 3 heterocycles. The van der Waals surface area contributed by atoms with E-state index in [1.54, 1.807) is 0 Å². The van der Waals surface area contributed by atoms with Gasteiger partial charge >= 0.3 is 0 Å². The smallest absolute Gasteiger partial charge is 0.267 e. The van der Waals surface area contributed by atoms with Crippen LogP contribution in [0.25, 0.3) is 6.08 Å². The summed E-state index contributed by atoms with van der Waals surface area (Å²) in [6, 6.07) is 10.2. The lowest BCUT2D eigenvalue weighted by molar-refractivity contribution is -0.119. The molecule has 0 spiro atoms. The first-order chi connectivity index (χ1) is 13.2. The molecule has 7 heteroatoms. The van der Waals surface area contributed by atoms with Crippen LogP contribution in [0.4, 0.5) is 0 Å². The Hall–Kier alpha value is -2.93. The molecule has 1 aromatic carbocycles. The number of fused-ring (bicyclic) bond motifs is 3. The molecule has 2 aromatic rings. The quantitative estimate of drug-likeness (QED) is 0.757. The van der Waals surface area contributed by atoms with Gasteiger partial charge in [0.2, 0.25) is 0 Å². The number of hydrogen-bond donors (Lipinski definition) is 2. The first-order valence-corrected chi connectivity index (χ1v) is 9.20. The number of rotatable bonds is 6. The maximum atomic E-state index is 12.8. The van der Waals surface area contributed by atoms with E-state index in [0.717, 1.165) is 17.2 Å². The van der Waals surface area contributed by atoms with Gasteiger partial charge in [0.15, 0.2) is 5.82 Å². The summed E-state index contributed by atoms with van der Waals surface area (Å²) in [5, 5.41) is 20.3. The zero-order chi connectivity index (χ0) is 18.8. The Balaban J connectivity index is 1.66. The molecule has 0 saturated carbocycles. The Kier molecular flexibility index (Phi) is 4.77. The summed E-state index contributed by atoms with van der Waals surface area (Å²) in [5.74, 6) is 1.53. The minimum Gasteiger partial charge on any atom is -0.396 e. The number of aliphatic hydroxyl groups excluding tert-OH is 1. The molecule has 0 fully saturated rings. The minimum atomic E-state index is -0.116. The highest BCUT2D eigenvalue weighted by Gasteiger charge is 2.39. The number of benzene rings is 1. The molecule has 2 aliphatic heterocycles. The standard InChI is InChI=1S/C20H23N5O2/c1-14-22-23-19-9-8-16-17(25(14)19)12-18(20(27)21-10-5-11-26)24(16)13-15-6-3-2-4-7-15/h2-4,6-9,12,16-17,26H,5,10-11,13H2,1H3,(H,21,27). The highest BCUT2D eigenvalue weighted by molar-refractivity contribution is 5.93. The fourth-order valence-corrected chi connectivity index (χ4v) is 3.75. The van der Waals surface area contributed by atoms with E-state index in [1.807, 2.05) is 37.3 Å². The molecule has 2 unspecified atom stereocenters. The van der Waals surface area contributed by atoms with Crippen LogP contribution < -0.4 is 5.32 Å². The van der Waals surface area contributed by atoms with E-state index in [0.29, 0.717) is 25.2 Å². The molecule has 0 saturated heterocycles. The van der Waals surface area contributed by atoms with Gasteiger partial charge in [-0.1, -0.05) is 36.4 Å². The van der Waals surface area contributed by atoms with Crippen LogP contribution in [0.2, 0.25) is 0 Å². The number of nitrogens with zero attached hydrogens (tertiary/aromatic N) is 4. The van der Waals surface area contributed by atoms with Crippen molar-refractivity contribution in [3.05, 3.63) is 65.4 Å². The Labute approximate surface area is 158 Å². The second kappa shape index (κ2) is 7.36. The van der Waals surface area contributed by atoms with Gasteiger partial charge in [0.25, 0.3) is 5.91 Å². The van der Waals surface area contributed by atoms with E-state index >= 15 is 0 Å². The van der Waals surface area contributed by atoms with Crippen LogP contribution >= 0.6 is 0 Å². The second-order valence-corrected chi connectivity index (χ2v) is 6.81. The average molecular weight is 365 g/mol. The maximum absolute atomic E-state index is 12.8. The monoisotopic (exact) mass is 365 g/mol. The number of amides is 1. The van der Waals surface area contributed by atoms with Crippen LogP contribution in [0.1, 0.15) is 29.7 Å². The third-order valence-corrected chi connectivity index (χ3v) is 5.03. The molecule has 4 rings (SSSR count). The third kappa shape index (κ3) is 3.26. The van der Waals surface area contributed by atoms with E-state index in [9.17, 15) is 4.79 Å². The van der Waals surface area contributed by atoms with Crippen molar-refractivity contribution >= 4 is 12.0 Å². The fraction of sp³-hybridized carbons (Fsp3) is 0.350. The number of aryl methyl sites for hydroxylation is 1. The highest BCUT2D eigenvalue weighted by Crippen LogP contribution is 2.37. The minimum absolute atomic E-state index is 0.0118. The van der Waals surface area contributed by atoms with Crippen molar-refractivity contribution in [2.24, 2.45) is 0 Å². The molecule has 0 bridgehead atoms. The van der Waals surface area contributed by atoms with E-state index in [1.165, 1.54) is 0 Å². The third-order valence-electron chi connectivity index (χ3n) is 5.03. The van der Waals surface area contributed by atoms with Crippen molar-refractivity contribution in [1.29, 1.82) is 0 Å². The number of aromatic nitrogens is 3. The molecular weight excluding hydrogens is 342 g/mol. The second-order valence-electron chi connectivity index (χ2n) is 6.81. The normalized spacial score (nSPS) is 20.2. The van der Waals surface area contributed by atoms with Crippen LogP contribution in [0, 0.1) is 6.92 Å². The summed E-state index contributed by atoms with van der Waals surface area (Å²) >= 11 is 0. The van der Waals surface area contributed by atoms with Gasteiger partial charge in [-0.25, -0.2) is 0 Å². The first-order valence-electron chi connectivity index (χ1n) is 9.20. The molecule has 0 radical (unpaired) electrons. The molecule has 2 atom stereocenters. The summed E-state index contributed by atoms with van der Waals surface area (Å²) < 4.78 is 2.08. The Morgan fingerprint density at radius 2 is 2.04 bits per heavy atom. The van der Waals surface area contributed by atoms with Crippen molar-refractivity contribution in [3.8, 4) is 0 Å². The largest absolute Gasteiger partial charge is 0.396 e. The van der Waals surface area contributed by atoms with Crippen molar-refractivity contribution in [2.75, 3.05) is 13.2 Å². The lowest BCUT2D eigenvalue weighted by Crippen LogP contribution is -2.39. The topological polar surface area (TPSA) is 83.3 Å². The van der Waals surface area contributed by atoms with Crippen LogP contribution in [0.5, 0.6) is 0 Å². The van der Waals surface area contributed by atoms with E-state index in [-0.39, 0.29) is 24.6 Å². The average Bonchev–Trinajstić information content (AvgIpc) is 3.24. The molecule has 1 amide bonds. The van der Waals surface area contributed by atoms with Crippen LogP contribution in [-0.4, -0.2) is 49.9 Å². The Morgan fingerprint density at radius 1 is 1.22 bits per heavy atom. The van der Waals surface area contributed by atoms with Gasteiger partial charge in [0.05, 0.1) is 12.1 Å². The van der Waals surface area contributed by atoms with Crippen molar-refractivity contribution < 1.29 is 9.90 Å². The van der Waals surface area contributed by atoms with Crippen molar-refractivity contribution in [2.45, 2.75) is 32.0 Å².